The number of carbonyl (C=O) groups is 1. The maximum Gasteiger partial charge on any atom is 0.305 e. The molecule has 4 aliphatic rings. The first kappa shape index (κ1) is 23.9. The van der Waals surface area contributed by atoms with Gasteiger partial charge in [0.05, 0.1) is 12.9 Å². The van der Waals surface area contributed by atoms with Crippen molar-refractivity contribution in [1.82, 2.24) is 0 Å². The van der Waals surface area contributed by atoms with Gasteiger partial charge in [0.1, 0.15) is 0 Å². The number of esters is 1. The second kappa shape index (κ2) is 8.49. The summed E-state index contributed by atoms with van der Waals surface area (Å²) in [6.07, 6.45) is 17.6. The molecule has 7 atom stereocenters. The van der Waals surface area contributed by atoms with Crippen LogP contribution in [0.2, 0.25) is 19.6 Å². The Kier molecular flexibility index (Phi) is 6.33. The Morgan fingerprint density at radius 3 is 2.62 bits per heavy atom. The van der Waals surface area contributed by atoms with Crippen LogP contribution in [0.4, 0.5) is 0 Å². The van der Waals surface area contributed by atoms with Crippen molar-refractivity contribution in [3.05, 3.63) is 35.6 Å². The Labute approximate surface area is 196 Å². The molecule has 0 aromatic heterocycles. The predicted molar refractivity (Wildman–Crippen MR) is 133 cm³/mol. The molecule has 4 rings (SSSR count). The van der Waals surface area contributed by atoms with Gasteiger partial charge in [-0.2, -0.15) is 0 Å². The first-order chi connectivity index (χ1) is 15.0. The number of ether oxygens (including phenoxy) is 1. The van der Waals surface area contributed by atoms with Gasteiger partial charge in [-0.1, -0.05) is 32.9 Å². The van der Waals surface area contributed by atoms with Crippen molar-refractivity contribution in [2.45, 2.75) is 85.4 Å². The van der Waals surface area contributed by atoms with Gasteiger partial charge >= 0.3 is 5.97 Å². The first-order valence-corrected chi connectivity index (χ1v) is 16.2. The van der Waals surface area contributed by atoms with Gasteiger partial charge in [0, 0.05) is 6.42 Å². The minimum absolute atomic E-state index is 0.0643. The van der Waals surface area contributed by atoms with Crippen LogP contribution < -0.4 is 0 Å². The van der Waals surface area contributed by atoms with Crippen molar-refractivity contribution in [2.75, 3.05) is 7.11 Å². The highest BCUT2D eigenvalue weighted by atomic mass is 28.4. The van der Waals surface area contributed by atoms with E-state index in [4.69, 9.17) is 9.16 Å². The average molecular weight is 457 g/mol. The van der Waals surface area contributed by atoms with E-state index in [0.717, 1.165) is 36.4 Å². The van der Waals surface area contributed by atoms with Crippen molar-refractivity contribution >= 4 is 14.3 Å². The largest absolute Gasteiger partial charge is 0.545 e. The summed E-state index contributed by atoms with van der Waals surface area (Å²) in [5.41, 5.74) is 2.12. The normalized spacial score (nSPS) is 39.2. The lowest BCUT2D eigenvalue weighted by atomic mass is 9.48. The third-order valence-corrected chi connectivity index (χ3v) is 10.4. The highest BCUT2D eigenvalue weighted by Crippen LogP contribution is 2.66. The molecule has 4 heteroatoms. The van der Waals surface area contributed by atoms with Crippen LogP contribution >= 0.6 is 0 Å². The molecule has 0 spiro atoms. The summed E-state index contributed by atoms with van der Waals surface area (Å²) in [6.45, 7) is 14.2. The molecule has 0 aromatic carbocycles. The topological polar surface area (TPSA) is 35.5 Å². The Balaban J connectivity index is 1.52. The highest BCUT2D eigenvalue weighted by molar-refractivity contribution is 6.70. The molecule has 4 unspecified atom stereocenters. The zero-order valence-corrected chi connectivity index (χ0v) is 22.4. The molecule has 4 aliphatic carbocycles. The summed E-state index contributed by atoms with van der Waals surface area (Å²) in [7, 11) is -0.0882. The van der Waals surface area contributed by atoms with Crippen LogP contribution in [-0.2, 0) is 14.0 Å². The first-order valence-electron chi connectivity index (χ1n) is 12.8. The molecular weight excluding hydrogens is 412 g/mol. The van der Waals surface area contributed by atoms with Gasteiger partial charge in [-0.25, -0.2) is 0 Å². The van der Waals surface area contributed by atoms with Gasteiger partial charge in [-0.15, -0.1) is 0 Å². The van der Waals surface area contributed by atoms with E-state index in [0.29, 0.717) is 23.7 Å². The fourth-order valence-corrected chi connectivity index (χ4v) is 8.73. The van der Waals surface area contributed by atoms with E-state index >= 15 is 0 Å². The number of hydrogen-bond acceptors (Lipinski definition) is 3. The Morgan fingerprint density at radius 2 is 1.94 bits per heavy atom. The van der Waals surface area contributed by atoms with Crippen LogP contribution in [0.25, 0.3) is 0 Å². The van der Waals surface area contributed by atoms with Gasteiger partial charge in [0.15, 0.2) is 0 Å². The third-order valence-electron chi connectivity index (χ3n) is 9.55. The molecule has 0 N–H and O–H groups in total. The van der Waals surface area contributed by atoms with Gasteiger partial charge in [0.2, 0.25) is 8.32 Å². The zero-order valence-electron chi connectivity index (χ0n) is 21.4. The van der Waals surface area contributed by atoms with Gasteiger partial charge < -0.3 is 9.16 Å². The van der Waals surface area contributed by atoms with Crippen molar-refractivity contribution in [1.29, 1.82) is 0 Å². The summed E-state index contributed by atoms with van der Waals surface area (Å²) in [5, 5.41) is 0. The van der Waals surface area contributed by atoms with E-state index in [-0.39, 0.29) is 11.4 Å². The molecule has 0 aromatic rings. The number of methoxy groups -OCH3 is 1. The molecule has 0 amide bonds. The van der Waals surface area contributed by atoms with E-state index in [1.54, 1.807) is 0 Å². The van der Waals surface area contributed by atoms with E-state index in [2.05, 4.69) is 64.7 Å². The Bertz CT molecular complexity index is 834. The zero-order chi connectivity index (χ0) is 23.3. The van der Waals surface area contributed by atoms with Gasteiger partial charge in [-0.05, 0) is 116 Å². The lowest BCUT2D eigenvalue weighted by Gasteiger charge is -2.56. The quantitative estimate of drug-likeness (QED) is 0.311. The van der Waals surface area contributed by atoms with Crippen molar-refractivity contribution in [3.8, 4) is 0 Å². The molecule has 0 bridgehead atoms. The van der Waals surface area contributed by atoms with Crippen LogP contribution in [-0.4, -0.2) is 21.4 Å². The van der Waals surface area contributed by atoms with Crippen LogP contribution in [0.3, 0.4) is 0 Å². The monoisotopic (exact) mass is 456 g/mol. The maximum atomic E-state index is 11.7. The summed E-state index contributed by atoms with van der Waals surface area (Å²) < 4.78 is 11.2. The second-order valence-corrected chi connectivity index (χ2v) is 16.9. The summed E-state index contributed by atoms with van der Waals surface area (Å²) in [6, 6.07) is 0. The van der Waals surface area contributed by atoms with Crippen LogP contribution in [0.1, 0.15) is 65.7 Å². The molecule has 3 nitrogen and oxygen atoms in total. The van der Waals surface area contributed by atoms with E-state index in [9.17, 15) is 4.79 Å². The van der Waals surface area contributed by atoms with Gasteiger partial charge in [0.25, 0.3) is 0 Å². The smallest absolute Gasteiger partial charge is 0.305 e. The summed E-state index contributed by atoms with van der Waals surface area (Å²) >= 11 is 0. The standard InChI is InChI=1S/C28H44O3Si/c1-19(8-13-26(29)30-4)23-11-12-24-22-10-9-20-18-21(31-32(5,6)7)14-16-27(20,2)25(22)15-17-28(23,24)3/h9-10,14,18-19,22-25H,8,11-13,15-17H2,1-7H3/t19?,22?,23-,24?,25?,27+,28-/m1/s1. The van der Waals surface area contributed by atoms with Crippen molar-refractivity contribution in [3.63, 3.8) is 0 Å². The minimum Gasteiger partial charge on any atom is -0.545 e. The van der Waals surface area contributed by atoms with Crippen LogP contribution in [0.15, 0.2) is 35.6 Å². The fourth-order valence-electron chi connectivity index (χ4n) is 7.88. The number of rotatable bonds is 6. The number of allylic oxidation sites excluding steroid dienone is 5. The Hall–Kier alpha value is -1.29. The third kappa shape index (κ3) is 4.17. The molecule has 0 heterocycles. The van der Waals surface area contributed by atoms with Gasteiger partial charge in [-0.3, -0.25) is 4.79 Å². The maximum absolute atomic E-state index is 11.7. The average Bonchev–Trinajstić information content (AvgIpc) is 3.08. The van der Waals surface area contributed by atoms with Crippen LogP contribution in [0.5, 0.6) is 0 Å². The molecule has 2 saturated carbocycles. The highest BCUT2D eigenvalue weighted by Gasteiger charge is 2.58. The van der Waals surface area contributed by atoms with Crippen molar-refractivity contribution < 1.29 is 14.0 Å². The lowest BCUT2D eigenvalue weighted by molar-refractivity contribution is -0.141. The predicted octanol–water partition coefficient (Wildman–Crippen LogP) is 7.28. The van der Waals surface area contributed by atoms with Crippen molar-refractivity contribution in [2.24, 2.45) is 40.4 Å². The van der Waals surface area contributed by atoms with E-state index in [1.165, 1.54) is 38.4 Å². The minimum atomic E-state index is -1.59. The summed E-state index contributed by atoms with van der Waals surface area (Å²) in [5.74, 6) is 4.51. The van der Waals surface area contributed by atoms with Crippen LogP contribution in [0, 0.1) is 40.4 Å². The molecule has 0 radical (unpaired) electrons. The molecular formula is C28H44O3Si. The molecule has 0 saturated heterocycles. The fraction of sp³-hybridized carbons (Fsp3) is 0.750. The molecule has 32 heavy (non-hydrogen) atoms. The molecule has 0 aliphatic heterocycles. The number of carbonyl (C=O) groups excluding carboxylic acids is 1. The second-order valence-electron chi connectivity index (χ2n) is 12.5. The van der Waals surface area contributed by atoms with E-state index < -0.39 is 8.32 Å². The lowest BCUT2D eigenvalue weighted by Crippen LogP contribution is -2.49. The number of hydrogen-bond donors (Lipinski definition) is 0. The SMILES string of the molecule is COC(=O)CCC(C)[C@H]1CCC2C3C=CC4=CC(O[Si](C)(C)C)=CC[C@]4(C)C3CC[C@@]21C. The Morgan fingerprint density at radius 1 is 1.19 bits per heavy atom. The van der Waals surface area contributed by atoms with E-state index in [1.807, 2.05) is 0 Å². The number of fused-ring (bicyclic) bond motifs is 5. The molecule has 178 valence electrons. The summed E-state index contributed by atoms with van der Waals surface area (Å²) in [4.78, 5) is 11.7. The molecule has 2 fully saturated rings.